The topological polar surface area (TPSA) is 101 Å². The van der Waals surface area contributed by atoms with Crippen molar-refractivity contribution in [1.29, 1.82) is 0 Å². The van der Waals surface area contributed by atoms with Crippen LogP contribution in [-0.4, -0.2) is 27.9 Å². The van der Waals surface area contributed by atoms with Gasteiger partial charge >= 0.3 is 6.18 Å². The van der Waals surface area contributed by atoms with Crippen LogP contribution in [0.4, 0.5) is 24.7 Å². The molecule has 2 aromatic rings. The van der Waals surface area contributed by atoms with Gasteiger partial charge in [0.1, 0.15) is 0 Å². The monoisotopic (exact) mass is 315 g/mol. The number of hydrogen-bond donors (Lipinski definition) is 2. The third-order valence-electron chi connectivity index (χ3n) is 2.88. The number of amidine groups is 1. The van der Waals surface area contributed by atoms with Gasteiger partial charge in [-0.15, -0.1) is 0 Å². The molecule has 118 valence electrons. The van der Waals surface area contributed by atoms with Crippen molar-refractivity contribution < 1.29 is 23.0 Å². The van der Waals surface area contributed by atoms with Crippen LogP contribution in [0.25, 0.3) is 0 Å². The fourth-order valence-electron chi connectivity index (χ4n) is 1.88. The highest BCUT2D eigenvalue weighted by molar-refractivity contribution is 6.10. The molecule has 0 atom stereocenters. The lowest BCUT2D eigenvalue weighted by Gasteiger charge is -2.23. The molecule has 22 heavy (non-hydrogen) atoms. The molecule has 0 aliphatic rings. The fraction of sp³-hybridized carbons (Fsp3) is 0.250. The zero-order valence-corrected chi connectivity index (χ0v) is 11.4. The summed E-state index contributed by atoms with van der Waals surface area (Å²) in [5.74, 6) is -0.307. The average molecular weight is 315 g/mol. The van der Waals surface area contributed by atoms with E-state index < -0.39 is 11.7 Å². The van der Waals surface area contributed by atoms with Crippen molar-refractivity contribution in [3.8, 4) is 0 Å². The van der Waals surface area contributed by atoms with Gasteiger partial charge in [0.2, 0.25) is 5.84 Å². The second kappa shape index (κ2) is 5.92. The first-order chi connectivity index (χ1) is 10.4. The van der Waals surface area contributed by atoms with Crippen molar-refractivity contribution in [2.75, 3.05) is 17.2 Å². The molecule has 0 fully saturated rings. The molecule has 7 nitrogen and oxygen atoms in total. The van der Waals surface area contributed by atoms with Gasteiger partial charge in [0.25, 0.3) is 0 Å². The maximum absolute atomic E-state index is 12.8. The summed E-state index contributed by atoms with van der Waals surface area (Å²) in [4.78, 5) is 1.30. The van der Waals surface area contributed by atoms with E-state index in [0.29, 0.717) is 0 Å². The summed E-state index contributed by atoms with van der Waals surface area (Å²) < 4.78 is 42.8. The second-order valence-electron chi connectivity index (χ2n) is 4.21. The van der Waals surface area contributed by atoms with Crippen molar-refractivity contribution in [3.05, 3.63) is 35.5 Å². The first kappa shape index (κ1) is 15.6. The summed E-state index contributed by atoms with van der Waals surface area (Å²) in [6, 6.07) is 4.56. The number of aromatic nitrogens is 2. The van der Waals surface area contributed by atoms with Crippen LogP contribution >= 0.6 is 0 Å². The highest BCUT2D eigenvalue weighted by atomic mass is 19.4. The predicted octanol–water partition coefficient (Wildman–Crippen LogP) is 2.33. The van der Waals surface area contributed by atoms with Gasteiger partial charge in [-0.05, 0) is 35.4 Å². The van der Waals surface area contributed by atoms with Crippen molar-refractivity contribution >= 4 is 17.3 Å². The van der Waals surface area contributed by atoms with E-state index in [1.54, 1.807) is 6.92 Å². The molecule has 1 aromatic carbocycles. The van der Waals surface area contributed by atoms with Crippen LogP contribution in [0.1, 0.15) is 18.2 Å². The second-order valence-corrected chi connectivity index (χ2v) is 4.21. The number of benzene rings is 1. The highest BCUT2D eigenvalue weighted by Crippen LogP contribution is 2.32. The molecular formula is C12H12F3N5O2. The summed E-state index contributed by atoms with van der Waals surface area (Å²) in [7, 11) is 0. The van der Waals surface area contributed by atoms with Gasteiger partial charge in [-0.25, -0.2) is 4.63 Å². The van der Waals surface area contributed by atoms with E-state index >= 15 is 0 Å². The molecular weight excluding hydrogens is 303 g/mol. The lowest BCUT2D eigenvalue weighted by atomic mass is 10.1. The summed E-state index contributed by atoms with van der Waals surface area (Å²) in [6.07, 6.45) is -4.49. The van der Waals surface area contributed by atoms with Crippen molar-refractivity contribution in [3.63, 3.8) is 0 Å². The van der Waals surface area contributed by atoms with E-state index in [1.807, 2.05) is 0 Å². The first-order valence-corrected chi connectivity index (χ1v) is 6.13. The lowest BCUT2D eigenvalue weighted by molar-refractivity contribution is -0.137. The van der Waals surface area contributed by atoms with Crippen molar-refractivity contribution in [2.45, 2.75) is 13.1 Å². The molecule has 0 spiro atoms. The average Bonchev–Trinajstić information content (AvgIpc) is 2.90. The molecule has 0 bridgehead atoms. The van der Waals surface area contributed by atoms with Gasteiger partial charge in [-0.1, -0.05) is 11.2 Å². The molecule has 0 saturated heterocycles. The summed E-state index contributed by atoms with van der Waals surface area (Å²) >= 11 is 0. The first-order valence-electron chi connectivity index (χ1n) is 6.13. The molecule has 10 heteroatoms. The van der Waals surface area contributed by atoms with Gasteiger partial charge in [-0.2, -0.15) is 13.2 Å². The number of halogens is 3. The zero-order chi connectivity index (χ0) is 16.3. The van der Waals surface area contributed by atoms with Crippen molar-refractivity contribution in [2.24, 2.45) is 5.16 Å². The molecule has 0 radical (unpaired) electrons. The number of nitrogen functional groups attached to an aromatic ring is 1. The van der Waals surface area contributed by atoms with E-state index in [9.17, 15) is 18.4 Å². The van der Waals surface area contributed by atoms with E-state index in [4.69, 9.17) is 5.73 Å². The summed E-state index contributed by atoms with van der Waals surface area (Å²) in [5.41, 5.74) is 4.79. The van der Waals surface area contributed by atoms with Crippen LogP contribution in [0.15, 0.2) is 34.1 Å². The smallest absolute Gasteiger partial charge is 0.409 e. The maximum Gasteiger partial charge on any atom is 0.416 e. The third-order valence-corrected chi connectivity index (χ3v) is 2.88. The predicted molar refractivity (Wildman–Crippen MR) is 71.5 cm³/mol. The number of nitrogens with zero attached hydrogens (tertiary/aromatic N) is 4. The quantitative estimate of drug-likeness (QED) is 0.390. The number of alkyl halides is 3. The maximum atomic E-state index is 12.8. The van der Waals surface area contributed by atoms with E-state index in [0.717, 1.165) is 12.1 Å². The minimum atomic E-state index is -4.49. The van der Waals surface area contributed by atoms with Gasteiger partial charge in [0.05, 0.1) is 5.56 Å². The Labute approximate surface area is 122 Å². The number of anilines is 2. The van der Waals surface area contributed by atoms with Crippen LogP contribution in [-0.2, 0) is 6.18 Å². The standard InChI is InChI=1S/C12H12F3N5O2/c1-2-20(11(17-21)9-10(16)19-22-18-9)8-5-3-4-7(6-8)12(13,14)15/h3-6,21H,2H2,1H3,(H2,16,19). The molecule has 3 N–H and O–H groups in total. The van der Waals surface area contributed by atoms with Crippen LogP contribution in [0.2, 0.25) is 0 Å². The van der Waals surface area contributed by atoms with Gasteiger partial charge in [0.15, 0.2) is 11.5 Å². The number of oxime groups is 1. The highest BCUT2D eigenvalue weighted by Gasteiger charge is 2.31. The Morgan fingerprint density at radius 2 is 2.14 bits per heavy atom. The Bertz CT molecular complexity index is 683. The Hall–Kier alpha value is -2.78. The van der Waals surface area contributed by atoms with Crippen LogP contribution in [0.5, 0.6) is 0 Å². The number of hydrogen-bond acceptors (Lipinski definition) is 6. The van der Waals surface area contributed by atoms with E-state index in [-0.39, 0.29) is 29.6 Å². The minimum Gasteiger partial charge on any atom is -0.409 e. The Balaban J connectivity index is 2.46. The summed E-state index contributed by atoms with van der Waals surface area (Å²) in [6.45, 7) is 1.86. The number of nitrogens with two attached hydrogens (primary N) is 1. The largest absolute Gasteiger partial charge is 0.416 e. The fourth-order valence-corrected chi connectivity index (χ4v) is 1.88. The zero-order valence-electron chi connectivity index (χ0n) is 11.4. The number of rotatable bonds is 3. The molecule has 0 aliphatic carbocycles. The summed E-state index contributed by atoms with van der Waals surface area (Å²) in [5, 5.41) is 19.1. The van der Waals surface area contributed by atoms with E-state index in [2.05, 4.69) is 20.1 Å². The van der Waals surface area contributed by atoms with Crippen LogP contribution in [0.3, 0.4) is 0 Å². The molecule has 0 unspecified atom stereocenters. The Kier molecular flexibility index (Phi) is 4.20. The molecule has 0 amide bonds. The third kappa shape index (κ3) is 2.95. The van der Waals surface area contributed by atoms with Gasteiger partial charge in [-0.3, -0.25) is 0 Å². The van der Waals surface area contributed by atoms with Crippen LogP contribution in [0, 0.1) is 0 Å². The normalized spacial score (nSPS) is 12.5. The Morgan fingerprint density at radius 1 is 1.41 bits per heavy atom. The van der Waals surface area contributed by atoms with Gasteiger partial charge < -0.3 is 15.8 Å². The molecule has 2 rings (SSSR count). The SMILES string of the molecule is CCN(C(=NO)c1nonc1N)c1cccc(C(F)(F)F)c1. The molecule has 1 aromatic heterocycles. The van der Waals surface area contributed by atoms with Crippen LogP contribution < -0.4 is 10.6 Å². The molecule has 0 saturated carbocycles. The molecule has 0 aliphatic heterocycles. The van der Waals surface area contributed by atoms with E-state index in [1.165, 1.54) is 17.0 Å². The Morgan fingerprint density at radius 3 is 2.64 bits per heavy atom. The van der Waals surface area contributed by atoms with Gasteiger partial charge in [0, 0.05) is 12.2 Å². The molecule has 1 heterocycles. The van der Waals surface area contributed by atoms with Crippen molar-refractivity contribution in [1.82, 2.24) is 10.3 Å². The minimum absolute atomic E-state index is 0.0678. The lowest BCUT2D eigenvalue weighted by Crippen LogP contribution is -2.32.